The number of benzene rings is 1. The molecule has 158 valence electrons. The second-order valence-electron chi connectivity index (χ2n) is 7.29. The summed E-state index contributed by atoms with van der Waals surface area (Å²) in [5.41, 5.74) is 0. The fourth-order valence-corrected chi connectivity index (χ4v) is 5.26. The largest absolute Gasteiger partial charge is 0.310 e. The quantitative estimate of drug-likeness (QED) is 0.746. The van der Waals surface area contributed by atoms with Gasteiger partial charge in [0.2, 0.25) is 15.9 Å². The molecule has 2 aromatic rings. The summed E-state index contributed by atoms with van der Waals surface area (Å²) in [5, 5.41) is 7.34. The van der Waals surface area contributed by atoms with Gasteiger partial charge in [0.1, 0.15) is 10.7 Å². The summed E-state index contributed by atoms with van der Waals surface area (Å²) in [6.07, 6.45) is 1.65. The number of amides is 1. The monoisotopic (exact) mass is 439 g/mol. The minimum Gasteiger partial charge on any atom is -0.310 e. The molecule has 1 aromatic carbocycles. The van der Waals surface area contributed by atoms with E-state index in [4.69, 9.17) is 11.6 Å². The summed E-state index contributed by atoms with van der Waals surface area (Å²) in [7, 11) is -3.66. The molecule has 0 aliphatic carbocycles. The van der Waals surface area contributed by atoms with E-state index in [1.807, 2.05) is 25.7 Å². The van der Waals surface area contributed by atoms with E-state index in [-0.39, 0.29) is 21.9 Å². The van der Waals surface area contributed by atoms with Crippen molar-refractivity contribution in [1.29, 1.82) is 0 Å². The number of anilines is 1. The molecule has 3 rings (SSSR count). The highest BCUT2D eigenvalue weighted by atomic mass is 35.5. The molecule has 1 amide bonds. The molecule has 0 saturated carbocycles. The van der Waals surface area contributed by atoms with Crippen molar-refractivity contribution in [3.63, 3.8) is 0 Å². The lowest BCUT2D eigenvalue weighted by atomic mass is 10.2. The molecule has 1 atom stereocenters. The lowest BCUT2D eigenvalue weighted by molar-refractivity contribution is -0.121. The Kier molecular flexibility index (Phi) is 6.62. The zero-order valence-electron chi connectivity index (χ0n) is 16.7. The van der Waals surface area contributed by atoms with Crippen LogP contribution in [0.5, 0.6) is 0 Å². The minimum absolute atomic E-state index is 0.114. The number of nitrogens with zero attached hydrogens (tertiary/aromatic N) is 4. The second kappa shape index (κ2) is 8.83. The molecule has 1 aliphatic heterocycles. The third-order valence-electron chi connectivity index (χ3n) is 5.07. The highest BCUT2D eigenvalue weighted by Crippen LogP contribution is 2.25. The molecule has 1 N–H and O–H groups in total. The smallest absolute Gasteiger partial charge is 0.244 e. The number of hydrogen-bond donors (Lipinski definition) is 1. The Hall–Kier alpha value is -1.94. The van der Waals surface area contributed by atoms with Crippen molar-refractivity contribution >= 4 is 33.3 Å². The van der Waals surface area contributed by atoms with Gasteiger partial charge in [-0.3, -0.25) is 9.69 Å². The number of nitrogens with one attached hydrogen (secondary N) is 1. The first-order valence-corrected chi connectivity index (χ1v) is 11.4. The number of aromatic nitrogens is 2. The van der Waals surface area contributed by atoms with E-state index >= 15 is 0 Å². The predicted octanol–water partition coefficient (Wildman–Crippen LogP) is 2.45. The molecule has 1 aromatic heterocycles. The number of carbonyl (C=O) groups excluding carboxylic acids is 1. The molecule has 10 heteroatoms. The van der Waals surface area contributed by atoms with Crippen LogP contribution in [0.1, 0.15) is 26.8 Å². The first kappa shape index (κ1) is 21.8. The van der Waals surface area contributed by atoms with Crippen LogP contribution in [-0.4, -0.2) is 65.5 Å². The van der Waals surface area contributed by atoms with Gasteiger partial charge in [-0.2, -0.15) is 9.40 Å². The number of rotatable bonds is 6. The van der Waals surface area contributed by atoms with Crippen molar-refractivity contribution in [1.82, 2.24) is 19.0 Å². The maximum Gasteiger partial charge on any atom is 0.244 e. The molecular weight excluding hydrogens is 414 g/mol. The summed E-state index contributed by atoms with van der Waals surface area (Å²) in [5.74, 6) is 0.506. The molecule has 1 unspecified atom stereocenters. The fraction of sp³-hybridized carbons (Fsp3) is 0.474. The Morgan fingerprint density at radius 2 is 1.76 bits per heavy atom. The zero-order chi connectivity index (χ0) is 21.2. The summed E-state index contributed by atoms with van der Waals surface area (Å²) in [6.45, 7) is 7.33. The molecular formula is C19H26ClN5O3S. The highest BCUT2D eigenvalue weighted by molar-refractivity contribution is 7.89. The normalized spacial score (nSPS) is 17.4. The molecule has 0 radical (unpaired) electrons. The summed E-state index contributed by atoms with van der Waals surface area (Å²) >= 11 is 6.07. The Morgan fingerprint density at radius 3 is 2.38 bits per heavy atom. The fourth-order valence-electron chi connectivity index (χ4n) is 3.35. The standard InChI is InChI=1S/C19H26ClN5O3S/c1-14(2)25-18(8-9-21-25)22-19(26)15(3)23-10-12-24(13-11-23)29(27,28)17-7-5-4-6-16(17)20/h4-9,14-15H,10-13H2,1-3H3,(H,22,26). The highest BCUT2D eigenvalue weighted by Gasteiger charge is 2.33. The molecule has 1 aliphatic rings. The Bertz CT molecular complexity index is 968. The van der Waals surface area contributed by atoms with Gasteiger partial charge in [0.15, 0.2) is 0 Å². The summed E-state index contributed by atoms with van der Waals surface area (Å²) in [6, 6.07) is 7.94. The van der Waals surface area contributed by atoms with Crippen LogP contribution in [-0.2, 0) is 14.8 Å². The summed E-state index contributed by atoms with van der Waals surface area (Å²) < 4.78 is 28.9. The average Bonchev–Trinajstić information content (AvgIpc) is 3.16. The van der Waals surface area contributed by atoms with E-state index < -0.39 is 16.1 Å². The van der Waals surface area contributed by atoms with Crippen LogP contribution in [0.4, 0.5) is 5.82 Å². The Morgan fingerprint density at radius 1 is 1.10 bits per heavy atom. The first-order chi connectivity index (χ1) is 13.7. The predicted molar refractivity (Wildman–Crippen MR) is 112 cm³/mol. The number of halogens is 1. The van der Waals surface area contributed by atoms with Crippen molar-refractivity contribution in [2.75, 3.05) is 31.5 Å². The number of carbonyl (C=O) groups is 1. The van der Waals surface area contributed by atoms with Crippen molar-refractivity contribution < 1.29 is 13.2 Å². The van der Waals surface area contributed by atoms with Gasteiger partial charge < -0.3 is 5.32 Å². The Balaban J connectivity index is 1.62. The Labute approximate surface area is 176 Å². The molecule has 29 heavy (non-hydrogen) atoms. The van der Waals surface area contributed by atoms with E-state index in [0.717, 1.165) is 0 Å². The SMILES string of the molecule is CC(C(=O)Nc1ccnn1C(C)C)N1CCN(S(=O)(=O)c2ccccc2Cl)CC1. The third-order valence-corrected chi connectivity index (χ3v) is 7.46. The van der Waals surface area contributed by atoms with Crippen LogP contribution < -0.4 is 5.32 Å². The number of piperazine rings is 1. The van der Waals surface area contributed by atoms with E-state index in [2.05, 4.69) is 10.4 Å². The van der Waals surface area contributed by atoms with E-state index in [1.165, 1.54) is 10.4 Å². The third kappa shape index (κ3) is 4.63. The number of sulfonamides is 1. The van der Waals surface area contributed by atoms with Gasteiger partial charge in [0.05, 0.1) is 17.3 Å². The lowest BCUT2D eigenvalue weighted by Crippen LogP contribution is -2.54. The van der Waals surface area contributed by atoms with Crippen LogP contribution in [0.2, 0.25) is 5.02 Å². The van der Waals surface area contributed by atoms with E-state index in [1.54, 1.807) is 35.1 Å². The van der Waals surface area contributed by atoms with Crippen molar-refractivity contribution in [3.05, 3.63) is 41.6 Å². The number of hydrogen-bond acceptors (Lipinski definition) is 5. The van der Waals surface area contributed by atoms with E-state index in [9.17, 15) is 13.2 Å². The van der Waals surface area contributed by atoms with E-state index in [0.29, 0.717) is 32.0 Å². The van der Waals surface area contributed by atoms with Gasteiger partial charge in [-0.25, -0.2) is 13.1 Å². The van der Waals surface area contributed by atoms with Gasteiger partial charge in [-0.1, -0.05) is 23.7 Å². The van der Waals surface area contributed by atoms with Crippen molar-refractivity contribution in [2.45, 2.75) is 37.8 Å². The molecule has 0 spiro atoms. The van der Waals surface area contributed by atoms with Crippen molar-refractivity contribution in [3.8, 4) is 0 Å². The van der Waals surface area contributed by atoms with Crippen LogP contribution in [0, 0.1) is 0 Å². The van der Waals surface area contributed by atoms with Gasteiger partial charge in [-0.05, 0) is 32.9 Å². The summed E-state index contributed by atoms with van der Waals surface area (Å²) in [4.78, 5) is 14.8. The van der Waals surface area contributed by atoms with Crippen LogP contribution in [0.3, 0.4) is 0 Å². The van der Waals surface area contributed by atoms with Crippen LogP contribution >= 0.6 is 11.6 Å². The second-order valence-corrected chi connectivity index (χ2v) is 9.60. The first-order valence-electron chi connectivity index (χ1n) is 9.55. The maximum absolute atomic E-state index is 12.9. The molecule has 1 fully saturated rings. The average molecular weight is 440 g/mol. The zero-order valence-corrected chi connectivity index (χ0v) is 18.3. The van der Waals surface area contributed by atoms with Gasteiger partial charge in [-0.15, -0.1) is 0 Å². The lowest BCUT2D eigenvalue weighted by Gasteiger charge is -2.36. The molecule has 8 nitrogen and oxygen atoms in total. The van der Waals surface area contributed by atoms with Crippen LogP contribution in [0.25, 0.3) is 0 Å². The minimum atomic E-state index is -3.66. The maximum atomic E-state index is 12.9. The van der Waals surface area contributed by atoms with Crippen LogP contribution in [0.15, 0.2) is 41.4 Å². The van der Waals surface area contributed by atoms with Gasteiger partial charge in [0, 0.05) is 38.3 Å². The molecule has 1 saturated heterocycles. The molecule has 2 heterocycles. The topological polar surface area (TPSA) is 87.5 Å². The van der Waals surface area contributed by atoms with Crippen molar-refractivity contribution in [2.24, 2.45) is 0 Å². The van der Waals surface area contributed by atoms with Gasteiger partial charge in [0.25, 0.3) is 0 Å². The van der Waals surface area contributed by atoms with Gasteiger partial charge >= 0.3 is 0 Å². The molecule has 0 bridgehead atoms.